The fraction of sp³-hybridized carbons (Fsp3) is 0.316. The van der Waals surface area contributed by atoms with Gasteiger partial charge in [0.05, 0.1) is 5.56 Å². The summed E-state index contributed by atoms with van der Waals surface area (Å²) in [5, 5.41) is 10.5. The standard InChI is InChI=1S/C19H20O2/c1-2-3-4-7-13-10-11-15-12-14-8-5-6-9-16(14)19(21)17(15)18(13)20/h5-6,8-11,20H,2-4,7,12H2,1H3. The van der Waals surface area contributed by atoms with Crippen molar-refractivity contribution in [2.45, 2.75) is 39.0 Å². The van der Waals surface area contributed by atoms with Crippen molar-refractivity contribution < 1.29 is 9.90 Å². The molecule has 0 atom stereocenters. The topological polar surface area (TPSA) is 37.3 Å². The smallest absolute Gasteiger partial charge is 0.197 e. The number of benzene rings is 2. The van der Waals surface area contributed by atoms with Crippen molar-refractivity contribution in [1.29, 1.82) is 0 Å². The van der Waals surface area contributed by atoms with Crippen molar-refractivity contribution in [3.8, 4) is 5.75 Å². The van der Waals surface area contributed by atoms with Gasteiger partial charge in [-0.1, -0.05) is 56.2 Å². The number of phenolic OH excluding ortho intramolecular Hbond substituents is 1. The molecule has 2 heteroatoms. The van der Waals surface area contributed by atoms with Crippen molar-refractivity contribution in [2.75, 3.05) is 0 Å². The van der Waals surface area contributed by atoms with E-state index in [9.17, 15) is 9.90 Å². The molecule has 0 aromatic heterocycles. The van der Waals surface area contributed by atoms with Crippen molar-refractivity contribution in [1.82, 2.24) is 0 Å². The van der Waals surface area contributed by atoms with Crippen LogP contribution in [0.25, 0.3) is 0 Å². The van der Waals surface area contributed by atoms with Crippen LogP contribution in [-0.2, 0) is 12.8 Å². The van der Waals surface area contributed by atoms with Crippen LogP contribution in [0.3, 0.4) is 0 Å². The van der Waals surface area contributed by atoms with E-state index in [1.807, 2.05) is 36.4 Å². The third-order valence-electron chi connectivity index (χ3n) is 4.27. The van der Waals surface area contributed by atoms with Gasteiger partial charge in [0.25, 0.3) is 0 Å². The van der Waals surface area contributed by atoms with E-state index >= 15 is 0 Å². The van der Waals surface area contributed by atoms with Crippen molar-refractivity contribution >= 4 is 5.78 Å². The molecule has 0 unspecified atom stereocenters. The summed E-state index contributed by atoms with van der Waals surface area (Å²) in [6, 6.07) is 11.7. The van der Waals surface area contributed by atoms with Gasteiger partial charge in [0.1, 0.15) is 5.75 Å². The van der Waals surface area contributed by atoms with Gasteiger partial charge in [0, 0.05) is 5.56 Å². The van der Waals surface area contributed by atoms with Crippen molar-refractivity contribution in [2.24, 2.45) is 0 Å². The summed E-state index contributed by atoms with van der Waals surface area (Å²) in [5.74, 6) is 0.157. The van der Waals surface area contributed by atoms with Crippen LogP contribution in [0, 0.1) is 0 Å². The Hall–Kier alpha value is -2.09. The minimum Gasteiger partial charge on any atom is -0.507 e. The molecule has 1 aliphatic rings. The monoisotopic (exact) mass is 280 g/mol. The quantitative estimate of drug-likeness (QED) is 0.725. The first kappa shape index (κ1) is 13.9. The van der Waals surface area contributed by atoms with Crippen LogP contribution in [0.5, 0.6) is 5.75 Å². The molecule has 0 saturated heterocycles. The molecule has 0 radical (unpaired) electrons. The number of aromatic hydroxyl groups is 1. The number of hydrogen-bond acceptors (Lipinski definition) is 2. The minimum absolute atomic E-state index is 0.0401. The fourth-order valence-corrected chi connectivity index (χ4v) is 3.08. The van der Waals surface area contributed by atoms with E-state index in [0.717, 1.165) is 54.4 Å². The molecule has 0 amide bonds. The lowest BCUT2D eigenvalue weighted by Gasteiger charge is -2.20. The summed E-state index contributed by atoms with van der Waals surface area (Å²) in [7, 11) is 0. The fourth-order valence-electron chi connectivity index (χ4n) is 3.08. The Labute approximate surface area is 125 Å². The van der Waals surface area contributed by atoms with E-state index in [0.29, 0.717) is 5.56 Å². The molecule has 3 rings (SSSR count). The average molecular weight is 280 g/mol. The van der Waals surface area contributed by atoms with Gasteiger partial charge in [0.15, 0.2) is 5.78 Å². The van der Waals surface area contributed by atoms with Gasteiger partial charge in [-0.3, -0.25) is 4.79 Å². The molecule has 0 bridgehead atoms. The lowest BCUT2D eigenvalue weighted by Crippen LogP contribution is -2.15. The van der Waals surface area contributed by atoms with E-state index in [1.165, 1.54) is 0 Å². The summed E-state index contributed by atoms with van der Waals surface area (Å²) in [5.41, 5.74) is 4.13. The molecule has 108 valence electrons. The van der Waals surface area contributed by atoms with Gasteiger partial charge >= 0.3 is 0 Å². The number of rotatable bonds is 4. The predicted octanol–water partition coefficient (Wildman–Crippen LogP) is 4.26. The highest BCUT2D eigenvalue weighted by Gasteiger charge is 2.26. The molecule has 21 heavy (non-hydrogen) atoms. The maximum atomic E-state index is 12.7. The molecular weight excluding hydrogens is 260 g/mol. The van der Waals surface area contributed by atoms with Gasteiger partial charge in [0.2, 0.25) is 0 Å². The molecule has 0 aliphatic heterocycles. The third kappa shape index (κ3) is 2.46. The normalized spacial score (nSPS) is 12.9. The summed E-state index contributed by atoms with van der Waals surface area (Å²) in [6.07, 6.45) is 4.90. The lowest BCUT2D eigenvalue weighted by atomic mass is 9.83. The van der Waals surface area contributed by atoms with Crippen LogP contribution < -0.4 is 0 Å². The van der Waals surface area contributed by atoms with Crippen molar-refractivity contribution in [3.05, 3.63) is 64.2 Å². The number of hydrogen-bond donors (Lipinski definition) is 1. The number of fused-ring (bicyclic) bond motifs is 2. The largest absolute Gasteiger partial charge is 0.507 e. The van der Waals surface area contributed by atoms with Crippen LogP contribution in [0.15, 0.2) is 36.4 Å². The predicted molar refractivity (Wildman–Crippen MR) is 84.0 cm³/mol. The van der Waals surface area contributed by atoms with Crippen LogP contribution in [0.4, 0.5) is 0 Å². The maximum Gasteiger partial charge on any atom is 0.197 e. The molecule has 2 aromatic carbocycles. The number of phenols is 1. The molecular formula is C19H20O2. The number of aryl methyl sites for hydroxylation is 1. The van der Waals surface area contributed by atoms with E-state index < -0.39 is 0 Å². The maximum absolute atomic E-state index is 12.7. The zero-order valence-corrected chi connectivity index (χ0v) is 12.4. The molecule has 0 saturated carbocycles. The van der Waals surface area contributed by atoms with E-state index in [2.05, 4.69) is 6.92 Å². The Morgan fingerprint density at radius 1 is 1.05 bits per heavy atom. The average Bonchev–Trinajstić information content (AvgIpc) is 2.50. The summed E-state index contributed by atoms with van der Waals surface area (Å²) < 4.78 is 0. The van der Waals surface area contributed by atoms with Gasteiger partial charge in [-0.15, -0.1) is 0 Å². The first-order chi connectivity index (χ1) is 10.2. The van der Waals surface area contributed by atoms with E-state index in [4.69, 9.17) is 0 Å². The Morgan fingerprint density at radius 2 is 1.86 bits per heavy atom. The van der Waals surface area contributed by atoms with E-state index in [1.54, 1.807) is 0 Å². The number of carbonyl (C=O) groups excluding carboxylic acids is 1. The number of unbranched alkanes of at least 4 members (excludes halogenated alkanes) is 2. The van der Waals surface area contributed by atoms with Gasteiger partial charge in [-0.2, -0.15) is 0 Å². The van der Waals surface area contributed by atoms with Gasteiger partial charge < -0.3 is 5.11 Å². The third-order valence-corrected chi connectivity index (χ3v) is 4.27. The highest BCUT2D eigenvalue weighted by molar-refractivity contribution is 6.14. The van der Waals surface area contributed by atoms with Crippen LogP contribution in [0.1, 0.15) is 58.8 Å². The molecule has 0 fully saturated rings. The zero-order chi connectivity index (χ0) is 14.8. The molecule has 1 aliphatic carbocycles. The summed E-state index contributed by atoms with van der Waals surface area (Å²) in [4.78, 5) is 12.7. The molecule has 2 aromatic rings. The second kappa shape index (κ2) is 5.72. The summed E-state index contributed by atoms with van der Waals surface area (Å²) >= 11 is 0. The molecule has 0 spiro atoms. The van der Waals surface area contributed by atoms with Crippen LogP contribution in [0.2, 0.25) is 0 Å². The van der Waals surface area contributed by atoms with Crippen molar-refractivity contribution in [3.63, 3.8) is 0 Å². The Kier molecular flexibility index (Phi) is 3.78. The second-order valence-electron chi connectivity index (χ2n) is 5.73. The number of carbonyl (C=O) groups is 1. The zero-order valence-electron chi connectivity index (χ0n) is 12.4. The molecule has 2 nitrogen and oxygen atoms in total. The van der Waals surface area contributed by atoms with E-state index in [-0.39, 0.29) is 11.5 Å². The highest BCUT2D eigenvalue weighted by Crippen LogP contribution is 2.35. The number of ketones is 1. The molecule has 0 heterocycles. The SMILES string of the molecule is CCCCCc1ccc2c(c1O)C(=O)c1ccccc1C2. The van der Waals surface area contributed by atoms with Gasteiger partial charge in [-0.05, 0) is 36.0 Å². The molecule has 1 N–H and O–H groups in total. The second-order valence-corrected chi connectivity index (χ2v) is 5.73. The Balaban J connectivity index is 1.98. The first-order valence-electron chi connectivity index (χ1n) is 7.68. The van der Waals surface area contributed by atoms with Crippen LogP contribution in [-0.4, -0.2) is 10.9 Å². The highest BCUT2D eigenvalue weighted by atomic mass is 16.3. The Morgan fingerprint density at radius 3 is 2.67 bits per heavy atom. The summed E-state index contributed by atoms with van der Waals surface area (Å²) in [6.45, 7) is 2.16. The minimum atomic E-state index is -0.0401. The van der Waals surface area contributed by atoms with Crippen LogP contribution >= 0.6 is 0 Å². The first-order valence-corrected chi connectivity index (χ1v) is 7.68. The lowest BCUT2D eigenvalue weighted by molar-refractivity contribution is 0.103. The van der Waals surface area contributed by atoms with Gasteiger partial charge in [-0.25, -0.2) is 0 Å². The Bertz CT molecular complexity index is 686.